The van der Waals surface area contributed by atoms with Gasteiger partial charge in [-0.05, 0) is 35.5 Å². The second-order valence-electron chi connectivity index (χ2n) is 7.03. The number of hydrogen-bond donors (Lipinski definition) is 0. The monoisotopic (exact) mass is 375 g/mol. The van der Waals surface area contributed by atoms with Crippen molar-refractivity contribution in [3.63, 3.8) is 0 Å². The van der Waals surface area contributed by atoms with E-state index < -0.39 is 0 Å². The molecule has 0 aromatic heterocycles. The molecule has 1 fully saturated rings. The van der Waals surface area contributed by atoms with Crippen molar-refractivity contribution >= 4 is 40.3 Å². The van der Waals surface area contributed by atoms with Crippen LogP contribution in [-0.4, -0.2) is 21.7 Å². The lowest BCUT2D eigenvalue weighted by Gasteiger charge is -2.21. The average molecular weight is 376 g/mol. The van der Waals surface area contributed by atoms with Gasteiger partial charge in [-0.15, -0.1) is 0 Å². The van der Waals surface area contributed by atoms with Gasteiger partial charge in [0.1, 0.15) is 4.32 Å². The van der Waals surface area contributed by atoms with E-state index in [2.05, 4.69) is 52.0 Å². The predicted molar refractivity (Wildman–Crippen MR) is 114 cm³/mol. The third-order valence-electron chi connectivity index (χ3n) is 4.76. The molecular formula is C21H29NOS2. The minimum Gasteiger partial charge on any atom is -0.293 e. The maximum absolute atomic E-state index is 12.8. The number of hydrogen-bond acceptors (Lipinski definition) is 3. The van der Waals surface area contributed by atoms with Crippen molar-refractivity contribution in [2.45, 2.75) is 59.3 Å². The first-order chi connectivity index (χ1) is 12.0. The molecule has 2 nitrogen and oxygen atoms in total. The summed E-state index contributed by atoms with van der Waals surface area (Å²) in [6.45, 7) is 9.53. The van der Waals surface area contributed by atoms with Gasteiger partial charge in [0, 0.05) is 6.54 Å². The molecule has 4 heteroatoms. The van der Waals surface area contributed by atoms with Crippen LogP contribution in [0.1, 0.15) is 70.4 Å². The number of carbonyl (C=O) groups excluding carboxylic acids is 1. The molecule has 1 atom stereocenters. The SMILES string of the molecule is CCCCC(CC)CN1C(=O)/C(=C/c2ccc(C(C)C)cc2)SC1=S. The Morgan fingerprint density at radius 2 is 1.88 bits per heavy atom. The summed E-state index contributed by atoms with van der Waals surface area (Å²) in [6.07, 6.45) is 6.63. The number of amides is 1. The summed E-state index contributed by atoms with van der Waals surface area (Å²) in [7, 11) is 0. The molecule has 1 heterocycles. The van der Waals surface area contributed by atoms with Crippen LogP contribution in [0, 0.1) is 5.92 Å². The molecule has 1 aromatic carbocycles. The lowest BCUT2D eigenvalue weighted by Crippen LogP contribution is -2.33. The normalized spacial score (nSPS) is 17.8. The highest BCUT2D eigenvalue weighted by molar-refractivity contribution is 8.26. The van der Waals surface area contributed by atoms with Crippen LogP contribution in [0.2, 0.25) is 0 Å². The maximum Gasteiger partial charge on any atom is 0.266 e. The van der Waals surface area contributed by atoms with Crippen molar-refractivity contribution in [3.05, 3.63) is 40.3 Å². The van der Waals surface area contributed by atoms with Gasteiger partial charge in [-0.3, -0.25) is 9.69 Å². The number of carbonyl (C=O) groups is 1. The van der Waals surface area contributed by atoms with Crippen molar-refractivity contribution in [1.82, 2.24) is 4.90 Å². The second-order valence-corrected chi connectivity index (χ2v) is 8.71. The Bertz CT molecular complexity index is 634. The smallest absolute Gasteiger partial charge is 0.266 e. The van der Waals surface area contributed by atoms with Gasteiger partial charge in [-0.25, -0.2) is 0 Å². The first-order valence-electron chi connectivity index (χ1n) is 9.31. The van der Waals surface area contributed by atoms with Gasteiger partial charge in [0.25, 0.3) is 5.91 Å². The lowest BCUT2D eigenvalue weighted by atomic mass is 9.99. The van der Waals surface area contributed by atoms with E-state index in [1.54, 1.807) is 4.90 Å². The zero-order valence-electron chi connectivity index (χ0n) is 15.7. The van der Waals surface area contributed by atoms with Crippen LogP contribution in [0.15, 0.2) is 29.2 Å². The number of thiocarbonyl (C=S) groups is 1. The fourth-order valence-corrected chi connectivity index (χ4v) is 4.24. The zero-order chi connectivity index (χ0) is 18.4. The fourth-order valence-electron chi connectivity index (χ4n) is 2.96. The zero-order valence-corrected chi connectivity index (χ0v) is 17.4. The Morgan fingerprint density at radius 3 is 2.44 bits per heavy atom. The molecule has 1 amide bonds. The topological polar surface area (TPSA) is 20.3 Å². The number of unbranched alkanes of at least 4 members (excludes halogenated alkanes) is 1. The third-order valence-corrected chi connectivity index (χ3v) is 6.14. The van der Waals surface area contributed by atoms with Crippen molar-refractivity contribution in [3.8, 4) is 0 Å². The Balaban J connectivity index is 2.08. The number of benzene rings is 1. The van der Waals surface area contributed by atoms with Gasteiger partial charge < -0.3 is 0 Å². The number of rotatable bonds is 8. The van der Waals surface area contributed by atoms with Crippen LogP contribution in [0.3, 0.4) is 0 Å². The lowest BCUT2D eigenvalue weighted by molar-refractivity contribution is -0.122. The quantitative estimate of drug-likeness (QED) is 0.397. The highest BCUT2D eigenvalue weighted by atomic mass is 32.2. The Kier molecular flexibility index (Phi) is 7.70. The Labute approximate surface area is 162 Å². The van der Waals surface area contributed by atoms with E-state index in [9.17, 15) is 4.79 Å². The minimum atomic E-state index is 0.0675. The van der Waals surface area contributed by atoms with Gasteiger partial charge in [0.05, 0.1) is 4.91 Å². The van der Waals surface area contributed by atoms with Crippen LogP contribution in [0.25, 0.3) is 6.08 Å². The summed E-state index contributed by atoms with van der Waals surface area (Å²) in [5, 5.41) is 0. The maximum atomic E-state index is 12.8. The molecule has 1 saturated heterocycles. The van der Waals surface area contributed by atoms with E-state index in [1.165, 1.54) is 36.6 Å². The largest absolute Gasteiger partial charge is 0.293 e. The van der Waals surface area contributed by atoms with Gasteiger partial charge in [-0.1, -0.05) is 95.2 Å². The molecule has 2 rings (SSSR count). The molecule has 0 saturated carbocycles. The second kappa shape index (κ2) is 9.54. The van der Waals surface area contributed by atoms with Gasteiger partial charge in [-0.2, -0.15) is 0 Å². The highest BCUT2D eigenvalue weighted by Gasteiger charge is 2.33. The van der Waals surface area contributed by atoms with Crippen LogP contribution >= 0.6 is 24.0 Å². The summed E-state index contributed by atoms with van der Waals surface area (Å²) in [6, 6.07) is 8.43. The first kappa shape index (κ1) is 20.2. The minimum absolute atomic E-state index is 0.0675. The van der Waals surface area contributed by atoms with E-state index in [0.29, 0.717) is 16.2 Å². The summed E-state index contributed by atoms with van der Waals surface area (Å²) >= 11 is 6.90. The summed E-state index contributed by atoms with van der Waals surface area (Å²) in [5.41, 5.74) is 2.37. The molecular weight excluding hydrogens is 346 g/mol. The molecule has 1 unspecified atom stereocenters. The van der Waals surface area contributed by atoms with Crippen LogP contribution in [0.4, 0.5) is 0 Å². The van der Waals surface area contributed by atoms with E-state index in [1.807, 2.05) is 6.08 Å². The van der Waals surface area contributed by atoms with E-state index in [0.717, 1.165) is 23.4 Å². The van der Waals surface area contributed by atoms with E-state index in [4.69, 9.17) is 12.2 Å². The third kappa shape index (κ3) is 5.42. The average Bonchev–Trinajstić information content (AvgIpc) is 2.86. The molecule has 25 heavy (non-hydrogen) atoms. The highest BCUT2D eigenvalue weighted by Crippen LogP contribution is 2.34. The predicted octanol–water partition coefficient (Wildman–Crippen LogP) is 6.23. The van der Waals surface area contributed by atoms with Crippen LogP contribution in [-0.2, 0) is 4.79 Å². The Hall–Kier alpha value is -1.13. The molecule has 0 radical (unpaired) electrons. The van der Waals surface area contributed by atoms with Gasteiger partial charge >= 0.3 is 0 Å². The molecule has 1 aliphatic heterocycles. The summed E-state index contributed by atoms with van der Waals surface area (Å²) in [5.74, 6) is 1.12. The van der Waals surface area contributed by atoms with Crippen molar-refractivity contribution in [2.75, 3.05) is 6.54 Å². The number of thioether (sulfide) groups is 1. The molecule has 0 spiro atoms. The van der Waals surface area contributed by atoms with Crippen molar-refractivity contribution in [1.29, 1.82) is 0 Å². The van der Waals surface area contributed by atoms with Crippen molar-refractivity contribution in [2.24, 2.45) is 5.92 Å². The molecule has 0 aliphatic carbocycles. The van der Waals surface area contributed by atoms with E-state index >= 15 is 0 Å². The standard InChI is InChI=1S/C21H29NOS2/c1-5-7-8-16(6-2)14-22-20(23)19(25-21(22)24)13-17-9-11-18(12-10-17)15(3)4/h9-13,15-16H,5-8,14H2,1-4H3/b19-13-. The van der Waals surface area contributed by atoms with Crippen LogP contribution in [0.5, 0.6) is 0 Å². The molecule has 1 aromatic rings. The number of nitrogens with zero attached hydrogens (tertiary/aromatic N) is 1. The van der Waals surface area contributed by atoms with E-state index in [-0.39, 0.29) is 5.91 Å². The van der Waals surface area contributed by atoms with Gasteiger partial charge in [0.15, 0.2) is 0 Å². The van der Waals surface area contributed by atoms with Crippen LogP contribution < -0.4 is 0 Å². The van der Waals surface area contributed by atoms with Crippen molar-refractivity contribution < 1.29 is 4.79 Å². The molecule has 0 N–H and O–H groups in total. The first-order valence-corrected chi connectivity index (χ1v) is 10.5. The Morgan fingerprint density at radius 1 is 1.20 bits per heavy atom. The summed E-state index contributed by atoms with van der Waals surface area (Å²) in [4.78, 5) is 15.3. The van der Waals surface area contributed by atoms with Gasteiger partial charge in [0.2, 0.25) is 0 Å². The molecule has 1 aliphatic rings. The molecule has 136 valence electrons. The fraction of sp³-hybridized carbons (Fsp3) is 0.524. The molecule has 0 bridgehead atoms. The summed E-state index contributed by atoms with van der Waals surface area (Å²) < 4.78 is 0.699.